The van der Waals surface area contributed by atoms with Crippen molar-refractivity contribution in [3.63, 3.8) is 0 Å². The van der Waals surface area contributed by atoms with Crippen molar-refractivity contribution in [2.24, 2.45) is 0 Å². The van der Waals surface area contributed by atoms with Gasteiger partial charge in [-0.1, -0.05) is 12.1 Å². The number of aromatic amines is 1. The van der Waals surface area contributed by atoms with Crippen LogP contribution in [-0.2, 0) is 30.7 Å². The SMILES string of the molecule is O=C(CCc1nc2ccccc2[nH]1)NCc1cnc2n1CCC2. The molecular formula is C17H19N5O. The fraction of sp³-hybridized carbons (Fsp3) is 0.353. The van der Waals surface area contributed by atoms with Gasteiger partial charge in [-0.05, 0) is 18.6 Å². The summed E-state index contributed by atoms with van der Waals surface area (Å²) >= 11 is 0. The molecule has 0 saturated carbocycles. The van der Waals surface area contributed by atoms with Crippen LogP contribution >= 0.6 is 0 Å². The highest BCUT2D eigenvalue weighted by Crippen LogP contribution is 2.16. The van der Waals surface area contributed by atoms with E-state index in [-0.39, 0.29) is 5.91 Å². The van der Waals surface area contributed by atoms with E-state index in [0.717, 1.165) is 47.8 Å². The first kappa shape index (κ1) is 14.0. The standard InChI is InChI=1S/C17H19N5O/c23-17(19-11-12-10-18-16-6-3-9-22(12)16)8-7-15-20-13-4-1-2-5-14(13)21-15/h1-2,4-5,10H,3,6-9,11H2,(H,19,23)(H,20,21). The minimum atomic E-state index is 0.0407. The Balaban J connectivity index is 1.31. The number of nitrogens with one attached hydrogen (secondary N) is 2. The lowest BCUT2D eigenvalue weighted by Gasteiger charge is -2.06. The zero-order valence-corrected chi connectivity index (χ0v) is 12.9. The number of para-hydroxylation sites is 2. The van der Waals surface area contributed by atoms with Gasteiger partial charge in [0.2, 0.25) is 5.91 Å². The van der Waals surface area contributed by atoms with Gasteiger partial charge in [-0.2, -0.15) is 0 Å². The number of H-pyrrole nitrogens is 1. The molecular weight excluding hydrogens is 290 g/mol. The minimum absolute atomic E-state index is 0.0407. The molecule has 3 aromatic rings. The molecule has 6 heteroatoms. The molecule has 0 atom stereocenters. The number of rotatable bonds is 5. The zero-order valence-electron chi connectivity index (χ0n) is 12.9. The Hall–Kier alpha value is -2.63. The molecule has 1 aliphatic heterocycles. The smallest absolute Gasteiger partial charge is 0.220 e. The predicted molar refractivity (Wildman–Crippen MR) is 86.8 cm³/mol. The van der Waals surface area contributed by atoms with Crippen LogP contribution in [0.5, 0.6) is 0 Å². The molecule has 2 aromatic heterocycles. The molecule has 1 amide bonds. The van der Waals surface area contributed by atoms with Crippen molar-refractivity contribution in [1.82, 2.24) is 24.8 Å². The van der Waals surface area contributed by atoms with Crippen LogP contribution < -0.4 is 5.32 Å². The van der Waals surface area contributed by atoms with E-state index < -0.39 is 0 Å². The average Bonchev–Trinajstić information content (AvgIpc) is 3.25. The average molecular weight is 309 g/mol. The van der Waals surface area contributed by atoms with Gasteiger partial charge in [0.25, 0.3) is 0 Å². The Morgan fingerprint density at radius 2 is 2.26 bits per heavy atom. The lowest BCUT2D eigenvalue weighted by atomic mass is 10.3. The molecule has 0 saturated heterocycles. The fourth-order valence-electron chi connectivity index (χ4n) is 3.10. The van der Waals surface area contributed by atoms with Crippen LogP contribution in [0.1, 0.15) is 30.2 Å². The summed E-state index contributed by atoms with van der Waals surface area (Å²) in [4.78, 5) is 24.2. The highest BCUT2D eigenvalue weighted by atomic mass is 16.1. The van der Waals surface area contributed by atoms with Crippen LogP contribution in [0.4, 0.5) is 0 Å². The Morgan fingerprint density at radius 1 is 1.35 bits per heavy atom. The second-order valence-corrected chi connectivity index (χ2v) is 5.90. The highest BCUT2D eigenvalue weighted by Gasteiger charge is 2.15. The van der Waals surface area contributed by atoms with Crippen LogP contribution in [0.3, 0.4) is 0 Å². The third kappa shape index (κ3) is 2.84. The van der Waals surface area contributed by atoms with E-state index in [1.165, 1.54) is 0 Å². The van der Waals surface area contributed by atoms with Crippen molar-refractivity contribution in [3.05, 3.63) is 47.8 Å². The molecule has 0 fully saturated rings. The van der Waals surface area contributed by atoms with E-state index >= 15 is 0 Å². The number of aromatic nitrogens is 4. The Morgan fingerprint density at radius 3 is 3.17 bits per heavy atom. The molecule has 1 aromatic carbocycles. The van der Waals surface area contributed by atoms with E-state index in [0.29, 0.717) is 19.4 Å². The van der Waals surface area contributed by atoms with E-state index in [9.17, 15) is 4.79 Å². The Bertz CT molecular complexity index is 815. The first-order valence-corrected chi connectivity index (χ1v) is 8.03. The number of imidazole rings is 2. The number of nitrogens with zero attached hydrogens (tertiary/aromatic N) is 3. The summed E-state index contributed by atoms with van der Waals surface area (Å²) in [7, 11) is 0. The number of hydrogen-bond acceptors (Lipinski definition) is 3. The summed E-state index contributed by atoms with van der Waals surface area (Å²) in [6.45, 7) is 1.56. The third-order valence-electron chi connectivity index (χ3n) is 4.30. The molecule has 3 heterocycles. The van der Waals surface area contributed by atoms with Crippen molar-refractivity contribution in [3.8, 4) is 0 Å². The van der Waals surface area contributed by atoms with Gasteiger partial charge >= 0.3 is 0 Å². The molecule has 23 heavy (non-hydrogen) atoms. The van der Waals surface area contributed by atoms with Crippen molar-refractivity contribution in [1.29, 1.82) is 0 Å². The number of fused-ring (bicyclic) bond motifs is 2. The predicted octanol–water partition coefficient (Wildman–Crippen LogP) is 1.95. The number of aryl methyl sites for hydroxylation is 2. The number of carbonyl (C=O) groups excluding carboxylic acids is 1. The zero-order chi connectivity index (χ0) is 15.6. The van der Waals surface area contributed by atoms with E-state index in [1.807, 2.05) is 30.5 Å². The topological polar surface area (TPSA) is 75.6 Å². The quantitative estimate of drug-likeness (QED) is 0.756. The van der Waals surface area contributed by atoms with Crippen LogP contribution in [0.2, 0.25) is 0 Å². The van der Waals surface area contributed by atoms with Gasteiger partial charge in [-0.25, -0.2) is 9.97 Å². The van der Waals surface area contributed by atoms with Crippen LogP contribution in [0.15, 0.2) is 30.5 Å². The van der Waals surface area contributed by atoms with Gasteiger partial charge in [0.05, 0.1) is 29.5 Å². The number of amides is 1. The highest BCUT2D eigenvalue weighted by molar-refractivity contribution is 5.77. The van der Waals surface area contributed by atoms with E-state index in [1.54, 1.807) is 0 Å². The first-order chi connectivity index (χ1) is 11.3. The number of hydrogen-bond donors (Lipinski definition) is 2. The largest absolute Gasteiger partial charge is 0.350 e. The van der Waals surface area contributed by atoms with Gasteiger partial charge in [0, 0.05) is 25.8 Å². The molecule has 6 nitrogen and oxygen atoms in total. The minimum Gasteiger partial charge on any atom is -0.350 e. The van der Waals surface area contributed by atoms with Gasteiger partial charge in [0.1, 0.15) is 11.6 Å². The second-order valence-electron chi connectivity index (χ2n) is 5.90. The first-order valence-electron chi connectivity index (χ1n) is 8.03. The molecule has 0 bridgehead atoms. The second kappa shape index (κ2) is 5.87. The molecule has 1 aliphatic rings. The van der Waals surface area contributed by atoms with Crippen LogP contribution in [-0.4, -0.2) is 25.4 Å². The van der Waals surface area contributed by atoms with Crippen molar-refractivity contribution < 1.29 is 4.79 Å². The van der Waals surface area contributed by atoms with Crippen LogP contribution in [0, 0.1) is 0 Å². The third-order valence-corrected chi connectivity index (χ3v) is 4.30. The van der Waals surface area contributed by atoms with Gasteiger partial charge in [-0.15, -0.1) is 0 Å². The summed E-state index contributed by atoms with van der Waals surface area (Å²) in [6, 6.07) is 7.90. The van der Waals surface area contributed by atoms with Crippen molar-refractivity contribution in [2.75, 3.05) is 0 Å². The Labute approximate surface area is 133 Å². The maximum Gasteiger partial charge on any atom is 0.220 e. The lowest BCUT2D eigenvalue weighted by Crippen LogP contribution is -2.24. The maximum absolute atomic E-state index is 12.0. The summed E-state index contributed by atoms with van der Waals surface area (Å²) in [5, 5.41) is 2.98. The van der Waals surface area contributed by atoms with E-state index in [4.69, 9.17) is 0 Å². The van der Waals surface area contributed by atoms with E-state index in [2.05, 4.69) is 24.8 Å². The molecule has 4 rings (SSSR count). The monoisotopic (exact) mass is 309 g/mol. The Kier molecular flexibility index (Phi) is 3.57. The van der Waals surface area contributed by atoms with Gasteiger partial charge < -0.3 is 14.9 Å². The molecule has 118 valence electrons. The molecule has 0 unspecified atom stereocenters. The number of benzene rings is 1. The van der Waals surface area contributed by atoms with Gasteiger partial charge in [-0.3, -0.25) is 4.79 Å². The number of carbonyl (C=O) groups is 1. The van der Waals surface area contributed by atoms with Crippen molar-refractivity contribution >= 4 is 16.9 Å². The summed E-state index contributed by atoms with van der Waals surface area (Å²) in [5.74, 6) is 2.03. The van der Waals surface area contributed by atoms with Crippen LogP contribution in [0.25, 0.3) is 11.0 Å². The molecule has 2 N–H and O–H groups in total. The van der Waals surface area contributed by atoms with Gasteiger partial charge in [0.15, 0.2) is 0 Å². The summed E-state index contributed by atoms with van der Waals surface area (Å²) in [5.41, 5.74) is 3.05. The maximum atomic E-state index is 12.0. The molecule has 0 spiro atoms. The summed E-state index contributed by atoms with van der Waals surface area (Å²) in [6.07, 6.45) is 5.11. The summed E-state index contributed by atoms with van der Waals surface area (Å²) < 4.78 is 2.21. The lowest BCUT2D eigenvalue weighted by molar-refractivity contribution is -0.121. The fourth-order valence-corrected chi connectivity index (χ4v) is 3.10. The molecule has 0 aliphatic carbocycles. The normalized spacial score (nSPS) is 13.4. The van der Waals surface area contributed by atoms with Crippen molar-refractivity contribution in [2.45, 2.75) is 38.8 Å². The molecule has 0 radical (unpaired) electrons.